The molecule has 226 valence electrons. The second kappa shape index (κ2) is 17.6. The lowest BCUT2D eigenvalue weighted by Gasteiger charge is -2.26. The second-order valence-corrected chi connectivity index (χ2v) is 11.3. The van der Waals surface area contributed by atoms with E-state index < -0.39 is 47.7 Å². The van der Waals surface area contributed by atoms with E-state index in [4.69, 9.17) is 19.0 Å². The molecule has 0 radical (unpaired) electrons. The monoisotopic (exact) mass is 915 g/mol. The Morgan fingerprint density at radius 1 is 0.805 bits per heavy atom. The number of hydrogen-bond donors (Lipinski definition) is 2. The van der Waals surface area contributed by atoms with Crippen LogP contribution >= 0.6 is 67.8 Å². The van der Waals surface area contributed by atoms with Crippen LogP contribution in [0.1, 0.15) is 61.3 Å². The number of nitrogens with one attached hydrogen (secondary N) is 2. The van der Waals surface area contributed by atoms with Gasteiger partial charge in [-0.3, -0.25) is 28.8 Å². The van der Waals surface area contributed by atoms with Crippen molar-refractivity contribution in [2.45, 2.75) is 46.6 Å². The molecule has 17 heteroatoms. The van der Waals surface area contributed by atoms with E-state index in [9.17, 15) is 33.6 Å². The summed E-state index contributed by atoms with van der Waals surface area (Å²) in [7, 11) is 1.39. The lowest BCUT2D eigenvalue weighted by molar-refractivity contribution is -0.155. The number of hydroxylamine groups is 1. The van der Waals surface area contributed by atoms with E-state index in [2.05, 4.69) is 10.6 Å². The fourth-order valence-electron chi connectivity index (χ4n) is 3.07. The van der Waals surface area contributed by atoms with E-state index in [-0.39, 0.29) is 60.1 Å². The topological polar surface area (TPSA) is 184 Å². The summed E-state index contributed by atoms with van der Waals surface area (Å²) in [4.78, 5) is 90.4. The fraction of sp³-hybridized carbons (Fsp3) is 0.458. The molecule has 0 aliphatic carbocycles. The van der Waals surface area contributed by atoms with Crippen molar-refractivity contribution in [3.63, 3.8) is 0 Å². The number of rotatable bonds is 12. The predicted molar refractivity (Wildman–Crippen MR) is 168 cm³/mol. The van der Waals surface area contributed by atoms with Crippen LogP contribution in [0.4, 0.5) is 5.69 Å². The maximum Gasteiger partial charge on any atom is 0.333 e. The molecule has 0 aromatic heterocycles. The number of esters is 3. The van der Waals surface area contributed by atoms with Gasteiger partial charge in [-0.15, -0.1) is 5.06 Å². The van der Waals surface area contributed by atoms with Crippen molar-refractivity contribution in [2.75, 3.05) is 31.9 Å². The highest BCUT2D eigenvalue weighted by molar-refractivity contribution is 14.1. The molecule has 0 aliphatic heterocycles. The smallest absolute Gasteiger partial charge is 0.333 e. The van der Waals surface area contributed by atoms with Crippen LogP contribution in [0.5, 0.6) is 0 Å². The summed E-state index contributed by atoms with van der Waals surface area (Å²) < 4.78 is 15.4. The molecule has 1 atom stereocenters. The van der Waals surface area contributed by atoms with Crippen molar-refractivity contribution in [1.82, 2.24) is 10.6 Å². The van der Waals surface area contributed by atoms with Crippen molar-refractivity contribution in [2.24, 2.45) is 0 Å². The summed E-state index contributed by atoms with van der Waals surface area (Å²) in [5.74, 6) is -4.61. The number of hydrogen-bond acceptors (Lipinski definition) is 11. The van der Waals surface area contributed by atoms with Gasteiger partial charge in [-0.25, -0.2) is 4.79 Å². The summed E-state index contributed by atoms with van der Waals surface area (Å²) in [6.45, 7) is 4.11. The molecule has 0 heterocycles. The zero-order valence-corrected chi connectivity index (χ0v) is 29.2. The van der Waals surface area contributed by atoms with Crippen molar-refractivity contribution < 1.29 is 52.6 Å². The highest BCUT2D eigenvalue weighted by Gasteiger charge is 2.33. The van der Waals surface area contributed by atoms with Gasteiger partial charge in [0.05, 0.1) is 37.8 Å². The van der Waals surface area contributed by atoms with Gasteiger partial charge in [0.2, 0.25) is 0 Å². The standard InChI is InChI=1S/C24H28I3N3O11/c1-11(31)30(41-16(35)7-6-8-38-12(2)32)22-20(26)17(23(36)28-5)19(25)18(21(22)27)24(37)29-9-15(40-14(4)34)10-39-13(3)33/h15H,6-10H2,1-5H3,(H,28,36)(H,29,37). The molecule has 3 amide bonds. The van der Waals surface area contributed by atoms with Crippen LogP contribution in [-0.2, 0) is 43.0 Å². The van der Waals surface area contributed by atoms with E-state index in [0.29, 0.717) is 5.06 Å². The van der Waals surface area contributed by atoms with Gasteiger partial charge in [0.1, 0.15) is 12.3 Å². The van der Waals surface area contributed by atoms with E-state index in [1.165, 1.54) is 20.9 Å². The molecule has 0 saturated carbocycles. The van der Waals surface area contributed by atoms with Gasteiger partial charge < -0.3 is 29.7 Å². The molecule has 1 rings (SSSR count). The molecule has 2 N–H and O–H groups in total. The van der Waals surface area contributed by atoms with Gasteiger partial charge in [0, 0.05) is 38.3 Å². The first-order chi connectivity index (χ1) is 19.1. The third-order valence-corrected chi connectivity index (χ3v) is 7.96. The fourth-order valence-corrected chi connectivity index (χ4v) is 7.66. The van der Waals surface area contributed by atoms with Crippen LogP contribution in [0, 0.1) is 10.7 Å². The summed E-state index contributed by atoms with van der Waals surface area (Å²) >= 11 is 5.44. The lowest BCUT2D eigenvalue weighted by Crippen LogP contribution is -2.39. The minimum Gasteiger partial charge on any atom is -0.466 e. The Bertz CT molecular complexity index is 1220. The van der Waals surface area contributed by atoms with Crippen LogP contribution in [0.3, 0.4) is 0 Å². The average Bonchev–Trinajstić information content (AvgIpc) is 2.86. The molecule has 0 aliphatic rings. The quantitative estimate of drug-likeness (QED) is 0.103. The second-order valence-electron chi connectivity index (χ2n) is 8.08. The predicted octanol–water partition coefficient (Wildman–Crippen LogP) is 2.24. The molecule has 0 bridgehead atoms. The highest BCUT2D eigenvalue weighted by Crippen LogP contribution is 2.38. The van der Waals surface area contributed by atoms with E-state index in [1.807, 2.05) is 45.2 Å². The Balaban J connectivity index is 3.50. The van der Waals surface area contributed by atoms with Gasteiger partial charge in [0.25, 0.3) is 17.7 Å². The Hall–Kier alpha value is -2.30. The number of nitrogens with zero attached hydrogens (tertiary/aromatic N) is 1. The molecule has 1 unspecified atom stereocenters. The average molecular weight is 915 g/mol. The van der Waals surface area contributed by atoms with Crippen LogP contribution in [0.15, 0.2) is 0 Å². The SMILES string of the molecule is CNC(=O)c1c(I)c(C(=O)NCC(COC(C)=O)OC(C)=O)c(I)c(N(OC(=O)CCCOC(C)=O)C(C)=O)c1I. The van der Waals surface area contributed by atoms with Crippen molar-refractivity contribution >= 4 is 115 Å². The van der Waals surface area contributed by atoms with Crippen molar-refractivity contribution in [1.29, 1.82) is 0 Å². The van der Waals surface area contributed by atoms with Crippen molar-refractivity contribution in [3.05, 3.63) is 21.8 Å². The highest BCUT2D eigenvalue weighted by atomic mass is 127. The molecule has 1 aromatic carbocycles. The first-order valence-electron chi connectivity index (χ1n) is 11.8. The van der Waals surface area contributed by atoms with Gasteiger partial charge in [-0.1, -0.05) is 0 Å². The van der Waals surface area contributed by atoms with E-state index >= 15 is 0 Å². The maximum absolute atomic E-state index is 13.4. The number of benzene rings is 1. The van der Waals surface area contributed by atoms with Gasteiger partial charge in [-0.05, 0) is 74.2 Å². The zero-order valence-electron chi connectivity index (χ0n) is 22.7. The number of anilines is 1. The summed E-state index contributed by atoms with van der Waals surface area (Å²) in [5.41, 5.74) is 0.00181. The Morgan fingerprint density at radius 3 is 1.85 bits per heavy atom. The number of ether oxygens (including phenoxy) is 3. The molecule has 14 nitrogen and oxygen atoms in total. The molecule has 0 saturated heterocycles. The molecular formula is C24H28I3N3O11. The number of carbonyl (C=O) groups is 7. The van der Waals surface area contributed by atoms with Crippen LogP contribution in [0.2, 0.25) is 0 Å². The number of halogens is 3. The Kier molecular flexibility index (Phi) is 15.8. The van der Waals surface area contributed by atoms with E-state index in [1.54, 1.807) is 22.6 Å². The summed E-state index contributed by atoms with van der Waals surface area (Å²) in [6.07, 6.45) is -1.05. The molecule has 1 aromatic rings. The molecular weight excluding hydrogens is 887 g/mol. The molecule has 0 spiro atoms. The third kappa shape index (κ3) is 11.5. The van der Waals surface area contributed by atoms with Crippen LogP contribution in [-0.4, -0.2) is 74.5 Å². The van der Waals surface area contributed by atoms with Crippen molar-refractivity contribution in [3.8, 4) is 0 Å². The third-order valence-electron chi connectivity index (χ3n) is 4.78. The summed E-state index contributed by atoms with van der Waals surface area (Å²) in [5, 5.41) is 5.77. The van der Waals surface area contributed by atoms with E-state index in [0.717, 1.165) is 13.8 Å². The number of carbonyl (C=O) groups excluding carboxylic acids is 7. The van der Waals surface area contributed by atoms with Crippen LogP contribution in [0.25, 0.3) is 0 Å². The first-order valence-corrected chi connectivity index (χ1v) is 15.0. The number of amides is 3. The maximum atomic E-state index is 13.4. The van der Waals surface area contributed by atoms with Gasteiger partial charge in [-0.2, -0.15) is 0 Å². The first kappa shape index (κ1) is 36.7. The molecule has 41 heavy (non-hydrogen) atoms. The summed E-state index contributed by atoms with van der Waals surface area (Å²) in [6, 6.07) is 0. The minimum atomic E-state index is -1.00. The normalized spacial score (nSPS) is 11.0. The lowest BCUT2D eigenvalue weighted by atomic mass is 10.1. The molecule has 0 fully saturated rings. The zero-order chi connectivity index (χ0) is 31.4. The minimum absolute atomic E-state index is 0.0207. The largest absolute Gasteiger partial charge is 0.466 e. The van der Waals surface area contributed by atoms with Gasteiger partial charge in [0.15, 0.2) is 6.10 Å². The van der Waals surface area contributed by atoms with Gasteiger partial charge >= 0.3 is 23.9 Å². The Morgan fingerprint density at radius 2 is 1.37 bits per heavy atom. The Labute approximate surface area is 276 Å². The van der Waals surface area contributed by atoms with Crippen LogP contribution < -0.4 is 15.7 Å².